The number of carbonyl (C=O) groups excluding carboxylic acids is 1. The van der Waals surface area contributed by atoms with Crippen molar-refractivity contribution < 1.29 is 17.6 Å². The quantitative estimate of drug-likeness (QED) is 0.539. The van der Waals surface area contributed by atoms with Gasteiger partial charge in [-0.1, -0.05) is 19.8 Å². The number of carbonyl (C=O) groups is 1. The second kappa shape index (κ2) is 7.56. The molecule has 1 rings (SSSR count). The lowest BCUT2D eigenvalue weighted by molar-refractivity contribution is 0.0787. The topological polar surface area (TPSA) is 54.5 Å². The van der Waals surface area contributed by atoms with E-state index in [1.54, 1.807) is 7.05 Å². The first-order valence-electron chi connectivity index (χ1n) is 6.37. The van der Waals surface area contributed by atoms with Gasteiger partial charge in [-0.05, 0) is 34.5 Å². The molecule has 0 aliphatic rings. The van der Waals surface area contributed by atoms with Crippen LogP contribution in [0.2, 0.25) is 0 Å². The van der Waals surface area contributed by atoms with E-state index in [4.69, 9.17) is 10.7 Å². The fraction of sp³-hybridized carbons (Fsp3) is 0.462. The molecule has 8 heteroatoms. The van der Waals surface area contributed by atoms with Gasteiger partial charge in [0.1, 0.15) is 5.82 Å². The molecule has 1 aromatic rings. The predicted octanol–water partition coefficient (Wildman–Crippen LogP) is 3.78. The van der Waals surface area contributed by atoms with Crippen LogP contribution in [0.25, 0.3) is 0 Å². The molecular weight excluding hydrogens is 385 g/mol. The third kappa shape index (κ3) is 4.93. The first-order chi connectivity index (χ1) is 9.68. The molecule has 0 atom stereocenters. The van der Waals surface area contributed by atoms with Crippen molar-refractivity contribution in [2.45, 2.75) is 31.1 Å². The molecule has 4 nitrogen and oxygen atoms in total. The first kappa shape index (κ1) is 18.4. The minimum absolute atomic E-state index is 0.0137. The summed E-state index contributed by atoms with van der Waals surface area (Å²) in [6.45, 7) is 2.51. The predicted molar refractivity (Wildman–Crippen MR) is 83.6 cm³/mol. The van der Waals surface area contributed by atoms with E-state index in [9.17, 15) is 17.6 Å². The van der Waals surface area contributed by atoms with E-state index in [1.165, 1.54) is 4.90 Å². The largest absolute Gasteiger partial charge is 0.342 e. The molecule has 0 unspecified atom stereocenters. The Morgan fingerprint density at radius 3 is 2.52 bits per heavy atom. The molecule has 1 aromatic carbocycles. The van der Waals surface area contributed by atoms with Crippen LogP contribution in [0.5, 0.6) is 0 Å². The van der Waals surface area contributed by atoms with Crippen LogP contribution in [-0.2, 0) is 9.05 Å². The fourth-order valence-electron chi connectivity index (χ4n) is 1.79. The fourth-order valence-corrected chi connectivity index (χ4v) is 3.95. The van der Waals surface area contributed by atoms with Gasteiger partial charge < -0.3 is 4.90 Å². The average Bonchev–Trinajstić information content (AvgIpc) is 2.36. The third-order valence-corrected chi connectivity index (χ3v) is 5.24. The molecule has 118 valence electrons. The smallest absolute Gasteiger partial charge is 0.262 e. The second-order valence-corrected chi connectivity index (χ2v) is 8.02. The van der Waals surface area contributed by atoms with Crippen molar-refractivity contribution in [1.29, 1.82) is 0 Å². The molecule has 0 N–H and O–H groups in total. The zero-order valence-corrected chi connectivity index (χ0v) is 14.9. The molecule has 0 aliphatic carbocycles. The summed E-state index contributed by atoms with van der Waals surface area (Å²) in [4.78, 5) is 13.2. The van der Waals surface area contributed by atoms with Crippen LogP contribution in [0.15, 0.2) is 21.5 Å². The Hall–Kier alpha value is -0.660. The molecule has 0 fully saturated rings. The highest BCUT2D eigenvalue weighted by Gasteiger charge is 2.23. The van der Waals surface area contributed by atoms with Gasteiger partial charge in [0.2, 0.25) is 0 Å². The van der Waals surface area contributed by atoms with Crippen molar-refractivity contribution in [3.05, 3.63) is 28.0 Å². The standard InChI is InChI=1S/C13H16BrClFNO3S/c1-3-4-5-6-17(2)13(18)9-7-12(21(15,19)20)10(14)8-11(9)16/h7-8H,3-6H2,1-2H3. The van der Waals surface area contributed by atoms with Gasteiger partial charge in [0.15, 0.2) is 0 Å². The molecule has 0 saturated carbocycles. The maximum atomic E-state index is 13.9. The Bertz CT molecular complexity index is 637. The lowest BCUT2D eigenvalue weighted by Gasteiger charge is -2.18. The summed E-state index contributed by atoms with van der Waals surface area (Å²) in [6, 6.07) is 1.89. The Morgan fingerprint density at radius 2 is 2.00 bits per heavy atom. The van der Waals surface area contributed by atoms with Gasteiger partial charge in [0.25, 0.3) is 15.0 Å². The van der Waals surface area contributed by atoms with Crippen LogP contribution in [0.4, 0.5) is 4.39 Å². The normalized spacial score (nSPS) is 11.5. The van der Waals surface area contributed by atoms with E-state index in [0.717, 1.165) is 31.4 Å². The highest BCUT2D eigenvalue weighted by atomic mass is 79.9. The lowest BCUT2D eigenvalue weighted by Crippen LogP contribution is -2.28. The van der Waals surface area contributed by atoms with Gasteiger partial charge in [-0.3, -0.25) is 4.79 Å². The summed E-state index contributed by atoms with van der Waals surface area (Å²) in [5, 5.41) is 0. The molecule has 0 bridgehead atoms. The summed E-state index contributed by atoms with van der Waals surface area (Å²) in [7, 11) is 2.75. The van der Waals surface area contributed by atoms with Crippen LogP contribution in [0.3, 0.4) is 0 Å². The number of unbranched alkanes of at least 4 members (excludes halogenated alkanes) is 2. The molecular formula is C13H16BrClFNO3S. The van der Waals surface area contributed by atoms with Crippen molar-refractivity contribution in [2.24, 2.45) is 0 Å². The van der Waals surface area contributed by atoms with Gasteiger partial charge in [-0.2, -0.15) is 0 Å². The second-order valence-electron chi connectivity index (χ2n) is 4.63. The summed E-state index contributed by atoms with van der Waals surface area (Å²) < 4.78 is 36.7. The van der Waals surface area contributed by atoms with Crippen molar-refractivity contribution in [3.63, 3.8) is 0 Å². The number of benzene rings is 1. The zero-order valence-electron chi connectivity index (χ0n) is 11.7. The van der Waals surface area contributed by atoms with Gasteiger partial charge >= 0.3 is 0 Å². The number of nitrogens with zero attached hydrogens (tertiary/aromatic N) is 1. The number of rotatable bonds is 6. The highest BCUT2D eigenvalue weighted by Crippen LogP contribution is 2.28. The molecule has 0 heterocycles. The number of halogens is 3. The van der Waals surface area contributed by atoms with E-state index in [0.29, 0.717) is 6.54 Å². The molecule has 0 aromatic heterocycles. The van der Waals surface area contributed by atoms with Crippen molar-refractivity contribution in [1.82, 2.24) is 4.90 Å². The first-order valence-corrected chi connectivity index (χ1v) is 9.48. The van der Waals surface area contributed by atoms with Gasteiger partial charge in [-0.25, -0.2) is 12.8 Å². The SMILES string of the molecule is CCCCCN(C)C(=O)c1cc(S(=O)(=O)Cl)c(Br)cc1F. The zero-order chi connectivity index (χ0) is 16.2. The number of hydrogen-bond acceptors (Lipinski definition) is 3. The van der Waals surface area contributed by atoms with E-state index in [1.807, 2.05) is 6.92 Å². The van der Waals surface area contributed by atoms with E-state index in [-0.39, 0.29) is 14.9 Å². The van der Waals surface area contributed by atoms with E-state index < -0.39 is 20.8 Å². The minimum atomic E-state index is -4.06. The molecule has 0 aliphatic heterocycles. The van der Waals surface area contributed by atoms with Crippen LogP contribution < -0.4 is 0 Å². The molecule has 21 heavy (non-hydrogen) atoms. The summed E-state index contributed by atoms with van der Waals surface area (Å²) >= 11 is 2.93. The van der Waals surface area contributed by atoms with Crippen LogP contribution in [0, 0.1) is 5.82 Å². The number of amides is 1. The van der Waals surface area contributed by atoms with Crippen molar-refractivity contribution >= 4 is 41.6 Å². The molecule has 0 spiro atoms. The molecule has 0 radical (unpaired) electrons. The van der Waals surface area contributed by atoms with Gasteiger partial charge in [0.05, 0.1) is 10.5 Å². The van der Waals surface area contributed by atoms with Crippen LogP contribution in [0.1, 0.15) is 36.5 Å². The molecule has 1 amide bonds. The summed E-state index contributed by atoms with van der Waals surface area (Å²) in [5.74, 6) is -1.36. The molecule has 0 saturated heterocycles. The Balaban J connectivity index is 3.10. The summed E-state index contributed by atoms with van der Waals surface area (Å²) in [5.41, 5.74) is -0.309. The number of hydrogen-bond donors (Lipinski definition) is 0. The van der Waals surface area contributed by atoms with Crippen LogP contribution in [-0.4, -0.2) is 32.8 Å². The maximum absolute atomic E-state index is 13.9. The maximum Gasteiger partial charge on any atom is 0.262 e. The van der Waals surface area contributed by atoms with E-state index >= 15 is 0 Å². The van der Waals surface area contributed by atoms with Crippen molar-refractivity contribution in [2.75, 3.05) is 13.6 Å². The Morgan fingerprint density at radius 1 is 1.38 bits per heavy atom. The summed E-state index contributed by atoms with van der Waals surface area (Å²) in [6.07, 6.45) is 2.77. The monoisotopic (exact) mass is 399 g/mol. The van der Waals surface area contributed by atoms with Gasteiger partial charge in [-0.15, -0.1) is 0 Å². The highest BCUT2D eigenvalue weighted by molar-refractivity contribution is 9.10. The van der Waals surface area contributed by atoms with Crippen LogP contribution >= 0.6 is 26.6 Å². The third-order valence-electron chi connectivity index (χ3n) is 2.96. The van der Waals surface area contributed by atoms with Crippen molar-refractivity contribution in [3.8, 4) is 0 Å². The lowest BCUT2D eigenvalue weighted by atomic mass is 10.1. The Labute approximate surface area is 136 Å². The minimum Gasteiger partial charge on any atom is -0.342 e. The Kier molecular flexibility index (Phi) is 6.62. The average molecular weight is 401 g/mol. The van der Waals surface area contributed by atoms with E-state index in [2.05, 4.69) is 15.9 Å². The van der Waals surface area contributed by atoms with Gasteiger partial charge in [0, 0.05) is 28.7 Å².